The minimum atomic E-state index is 0.199. The highest BCUT2D eigenvalue weighted by molar-refractivity contribution is 5.79. The van der Waals surface area contributed by atoms with Gasteiger partial charge in [0.1, 0.15) is 0 Å². The van der Waals surface area contributed by atoms with Crippen molar-refractivity contribution in [1.29, 1.82) is 0 Å². The van der Waals surface area contributed by atoms with Crippen LogP contribution in [0.15, 0.2) is 24.4 Å². The molecular formula is C19H27N3O. The minimum Gasteiger partial charge on any atom is -0.353 e. The number of aromatic nitrogens is 2. The maximum Gasteiger partial charge on any atom is 0.220 e. The van der Waals surface area contributed by atoms with E-state index in [0.717, 1.165) is 31.3 Å². The maximum atomic E-state index is 12.1. The molecule has 1 aromatic carbocycles. The van der Waals surface area contributed by atoms with Crippen molar-refractivity contribution in [1.82, 2.24) is 15.1 Å². The summed E-state index contributed by atoms with van der Waals surface area (Å²) in [4.78, 5) is 12.1. The van der Waals surface area contributed by atoms with E-state index >= 15 is 0 Å². The summed E-state index contributed by atoms with van der Waals surface area (Å²) in [7, 11) is 0. The molecule has 0 atom stereocenters. The van der Waals surface area contributed by atoms with Gasteiger partial charge < -0.3 is 5.32 Å². The zero-order valence-electron chi connectivity index (χ0n) is 14.1. The Hall–Kier alpha value is -1.84. The zero-order chi connectivity index (χ0) is 16.1. The first-order valence-electron chi connectivity index (χ1n) is 8.94. The molecule has 4 heteroatoms. The Kier molecular flexibility index (Phi) is 5.31. The normalized spacial score (nSPS) is 16.4. The molecule has 3 rings (SSSR count). The second-order valence-corrected chi connectivity index (χ2v) is 6.79. The first-order valence-corrected chi connectivity index (χ1v) is 8.94. The molecule has 2 aromatic rings. The van der Waals surface area contributed by atoms with Gasteiger partial charge in [0.15, 0.2) is 0 Å². The Morgan fingerprint density at radius 2 is 2.04 bits per heavy atom. The van der Waals surface area contributed by atoms with Crippen LogP contribution in [0.4, 0.5) is 0 Å². The number of benzene rings is 1. The third-order valence-corrected chi connectivity index (χ3v) is 4.79. The maximum absolute atomic E-state index is 12.1. The van der Waals surface area contributed by atoms with Gasteiger partial charge in [0.2, 0.25) is 5.91 Å². The third kappa shape index (κ3) is 4.34. The van der Waals surface area contributed by atoms with E-state index in [1.54, 1.807) is 0 Å². The largest absolute Gasteiger partial charge is 0.353 e. The number of nitrogens with zero attached hydrogens (tertiary/aromatic N) is 2. The lowest BCUT2D eigenvalue weighted by molar-refractivity contribution is -0.122. The summed E-state index contributed by atoms with van der Waals surface area (Å²) in [5.41, 5.74) is 2.40. The lowest BCUT2D eigenvalue weighted by atomic mass is 10.1. The molecule has 1 N–H and O–H groups in total. The van der Waals surface area contributed by atoms with E-state index in [4.69, 9.17) is 0 Å². The van der Waals surface area contributed by atoms with Gasteiger partial charge in [-0.25, -0.2) is 0 Å². The second-order valence-electron chi connectivity index (χ2n) is 6.79. The van der Waals surface area contributed by atoms with Crippen molar-refractivity contribution in [2.75, 3.05) is 0 Å². The van der Waals surface area contributed by atoms with Crippen LogP contribution in [0.2, 0.25) is 0 Å². The molecule has 1 aromatic heterocycles. The van der Waals surface area contributed by atoms with Crippen molar-refractivity contribution >= 4 is 16.8 Å². The smallest absolute Gasteiger partial charge is 0.220 e. The van der Waals surface area contributed by atoms with Gasteiger partial charge in [0, 0.05) is 24.4 Å². The highest BCUT2D eigenvalue weighted by Crippen LogP contribution is 2.18. The fourth-order valence-electron chi connectivity index (χ4n) is 3.47. The molecule has 0 unspecified atom stereocenters. The van der Waals surface area contributed by atoms with Crippen molar-refractivity contribution < 1.29 is 4.79 Å². The predicted molar refractivity (Wildman–Crippen MR) is 93.3 cm³/mol. The number of fused-ring (bicyclic) bond motifs is 1. The van der Waals surface area contributed by atoms with E-state index in [1.165, 1.54) is 36.6 Å². The summed E-state index contributed by atoms with van der Waals surface area (Å²) < 4.78 is 2.02. The number of rotatable bonds is 5. The standard InChI is InChI=1S/C19H27N3O/c1-15-10-11-16-14-20-22(18(16)13-15)12-6-9-19(23)21-17-7-4-2-3-5-8-17/h10-11,13-14,17H,2-9,12H2,1H3,(H,21,23). The molecule has 1 fully saturated rings. The van der Waals surface area contributed by atoms with Gasteiger partial charge in [-0.1, -0.05) is 37.8 Å². The highest BCUT2D eigenvalue weighted by atomic mass is 16.1. The summed E-state index contributed by atoms with van der Waals surface area (Å²) in [6, 6.07) is 6.77. The summed E-state index contributed by atoms with van der Waals surface area (Å²) in [5, 5.41) is 8.83. The van der Waals surface area contributed by atoms with Crippen molar-refractivity contribution in [3.63, 3.8) is 0 Å². The molecule has 0 spiro atoms. The van der Waals surface area contributed by atoms with Gasteiger partial charge in [0.05, 0.1) is 11.7 Å². The monoisotopic (exact) mass is 313 g/mol. The van der Waals surface area contributed by atoms with Gasteiger partial charge in [0.25, 0.3) is 0 Å². The molecular weight excluding hydrogens is 286 g/mol. The quantitative estimate of drug-likeness (QED) is 0.849. The summed E-state index contributed by atoms with van der Waals surface area (Å²) in [5.74, 6) is 0.199. The number of aryl methyl sites for hydroxylation is 2. The van der Waals surface area contributed by atoms with Gasteiger partial charge >= 0.3 is 0 Å². The average molecular weight is 313 g/mol. The van der Waals surface area contributed by atoms with E-state index in [2.05, 4.69) is 35.5 Å². The Morgan fingerprint density at radius 3 is 2.83 bits per heavy atom. The van der Waals surface area contributed by atoms with E-state index in [1.807, 2.05) is 10.9 Å². The molecule has 4 nitrogen and oxygen atoms in total. The van der Waals surface area contributed by atoms with Gasteiger partial charge in [-0.3, -0.25) is 9.48 Å². The molecule has 0 aliphatic heterocycles. The lowest BCUT2D eigenvalue weighted by Crippen LogP contribution is -2.34. The zero-order valence-corrected chi connectivity index (χ0v) is 14.1. The Labute approximate surface area is 138 Å². The van der Waals surface area contributed by atoms with Gasteiger partial charge in [-0.2, -0.15) is 5.10 Å². The number of amides is 1. The molecule has 1 saturated carbocycles. The Bertz CT molecular complexity index is 654. The van der Waals surface area contributed by atoms with Gasteiger partial charge in [-0.05, 0) is 37.8 Å². The van der Waals surface area contributed by atoms with E-state index in [9.17, 15) is 4.79 Å². The van der Waals surface area contributed by atoms with Crippen LogP contribution in [0.5, 0.6) is 0 Å². The van der Waals surface area contributed by atoms with Crippen molar-refractivity contribution in [3.05, 3.63) is 30.0 Å². The van der Waals surface area contributed by atoms with Crippen molar-refractivity contribution in [3.8, 4) is 0 Å². The predicted octanol–water partition coefficient (Wildman–Crippen LogP) is 3.96. The number of hydrogen-bond donors (Lipinski definition) is 1. The van der Waals surface area contributed by atoms with E-state index < -0.39 is 0 Å². The molecule has 1 heterocycles. The molecule has 0 saturated heterocycles. The van der Waals surface area contributed by atoms with E-state index in [0.29, 0.717) is 12.5 Å². The average Bonchev–Trinajstić information content (AvgIpc) is 2.75. The minimum absolute atomic E-state index is 0.199. The topological polar surface area (TPSA) is 46.9 Å². The van der Waals surface area contributed by atoms with Crippen LogP contribution in [-0.4, -0.2) is 21.7 Å². The fourth-order valence-corrected chi connectivity index (χ4v) is 3.47. The summed E-state index contributed by atoms with van der Waals surface area (Å²) in [6.45, 7) is 2.89. The molecule has 23 heavy (non-hydrogen) atoms. The Morgan fingerprint density at radius 1 is 1.26 bits per heavy atom. The molecule has 1 aliphatic rings. The third-order valence-electron chi connectivity index (χ3n) is 4.79. The van der Waals surface area contributed by atoms with Crippen LogP contribution >= 0.6 is 0 Å². The fraction of sp³-hybridized carbons (Fsp3) is 0.579. The SMILES string of the molecule is Cc1ccc2cnn(CCCC(=O)NC3CCCCCC3)c2c1. The molecule has 124 valence electrons. The number of carbonyl (C=O) groups excluding carboxylic acids is 1. The van der Waals surface area contributed by atoms with Gasteiger partial charge in [-0.15, -0.1) is 0 Å². The van der Waals surface area contributed by atoms with Crippen LogP contribution in [0.3, 0.4) is 0 Å². The number of carbonyl (C=O) groups is 1. The first kappa shape index (κ1) is 16.0. The van der Waals surface area contributed by atoms with Crippen LogP contribution < -0.4 is 5.32 Å². The Balaban J connectivity index is 1.48. The van der Waals surface area contributed by atoms with Crippen LogP contribution in [0, 0.1) is 6.92 Å². The lowest BCUT2D eigenvalue weighted by Gasteiger charge is -2.16. The molecule has 0 radical (unpaired) electrons. The van der Waals surface area contributed by atoms with Crippen LogP contribution in [0.1, 0.15) is 56.9 Å². The molecule has 1 amide bonds. The summed E-state index contributed by atoms with van der Waals surface area (Å²) in [6.07, 6.45) is 10.8. The number of nitrogens with one attached hydrogen (secondary N) is 1. The summed E-state index contributed by atoms with van der Waals surface area (Å²) >= 11 is 0. The van der Waals surface area contributed by atoms with Crippen molar-refractivity contribution in [2.45, 2.75) is 70.9 Å². The molecule has 1 aliphatic carbocycles. The second kappa shape index (κ2) is 7.62. The van der Waals surface area contributed by atoms with Crippen LogP contribution in [0.25, 0.3) is 10.9 Å². The van der Waals surface area contributed by atoms with Crippen LogP contribution in [-0.2, 0) is 11.3 Å². The first-order chi connectivity index (χ1) is 11.2. The van der Waals surface area contributed by atoms with E-state index in [-0.39, 0.29) is 5.91 Å². The number of hydrogen-bond acceptors (Lipinski definition) is 2. The van der Waals surface area contributed by atoms with Crippen molar-refractivity contribution in [2.24, 2.45) is 0 Å². The highest BCUT2D eigenvalue weighted by Gasteiger charge is 2.14. The molecule has 0 bridgehead atoms.